The second-order valence-electron chi connectivity index (χ2n) is 7.11. The molecule has 1 aliphatic rings. The van der Waals surface area contributed by atoms with Crippen LogP contribution in [-0.4, -0.2) is 27.8 Å². The summed E-state index contributed by atoms with van der Waals surface area (Å²) in [5, 5.41) is 16.9. The summed E-state index contributed by atoms with van der Waals surface area (Å²) in [6.45, 7) is 5.19. The minimum atomic E-state index is -4.91. The lowest BCUT2D eigenvalue weighted by Crippen LogP contribution is -2.26. The van der Waals surface area contributed by atoms with Gasteiger partial charge in [0, 0.05) is 33.9 Å². The van der Waals surface area contributed by atoms with Gasteiger partial charge in [0.2, 0.25) is 0 Å². The standard InChI is InChI=1S/C22H16F3N5O2/c1-11(2)15(8-9-26)28-21(32)14-10-27-30(19(14)22(23,24)25)17-7-6-16-18-12(17)4-3-5-13(18)20(31)29-16/h3-10,26H,1H2,2H3,(H,28,32)(H,29,31)/b15-8+,26-9?. The van der Waals surface area contributed by atoms with Crippen molar-refractivity contribution in [3.8, 4) is 5.69 Å². The first kappa shape index (κ1) is 21.0. The lowest BCUT2D eigenvalue weighted by atomic mass is 10.0. The number of hydrogen-bond acceptors (Lipinski definition) is 4. The Morgan fingerprint density at radius 1 is 1.28 bits per heavy atom. The number of nitrogens with one attached hydrogen (secondary N) is 3. The fraction of sp³-hybridized carbons (Fsp3) is 0.0909. The van der Waals surface area contributed by atoms with E-state index >= 15 is 0 Å². The van der Waals surface area contributed by atoms with Crippen molar-refractivity contribution < 1.29 is 22.8 Å². The molecular weight excluding hydrogens is 423 g/mol. The Bertz CT molecular complexity index is 1350. The van der Waals surface area contributed by atoms with Gasteiger partial charge < -0.3 is 16.0 Å². The van der Waals surface area contributed by atoms with Gasteiger partial charge in [-0.1, -0.05) is 18.7 Å². The molecule has 0 saturated carbocycles. The molecule has 10 heteroatoms. The van der Waals surface area contributed by atoms with E-state index in [9.17, 15) is 22.8 Å². The molecule has 4 rings (SSSR count). The van der Waals surface area contributed by atoms with Crippen molar-refractivity contribution in [2.75, 3.05) is 5.32 Å². The van der Waals surface area contributed by atoms with E-state index in [2.05, 4.69) is 22.3 Å². The molecule has 0 saturated heterocycles. The topological polar surface area (TPSA) is 99.9 Å². The first-order chi connectivity index (χ1) is 15.1. The number of allylic oxidation sites excluding steroid dienone is 2. The molecule has 0 radical (unpaired) electrons. The van der Waals surface area contributed by atoms with E-state index in [0.717, 1.165) is 12.4 Å². The van der Waals surface area contributed by atoms with Crippen LogP contribution in [0.25, 0.3) is 16.5 Å². The predicted octanol–water partition coefficient (Wildman–Crippen LogP) is 4.45. The van der Waals surface area contributed by atoms with Crippen molar-refractivity contribution in [1.29, 1.82) is 5.41 Å². The van der Waals surface area contributed by atoms with Gasteiger partial charge in [-0.15, -0.1) is 0 Å². The highest BCUT2D eigenvalue weighted by molar-refractivity contribution is 6.25. The summed E-state index contributed by atoms with van der Waals surface area (Å²) in [5.74, 6) is -1.38. The lowest BCUT2D eigenvalue weighted by Gasteiger charge is -2.15. The SMILES string of the molecule is C=C(C)/C(=C\C=N)NC(=O)c1cnn(-c2ccc3c4c(cccc24)C(=O)N3)c1C(F)(F)F. The van der Waals surface area contributed by atoms with Crippen LogP contribution in [0, 0.1) is 5.41 Å². The minimum Gasteiger partial charge on any atom is -0.322 e. The molecule has 32 heavy (non-hydrogen) atoms. The predicted molar refractivity (Wildman–Crippen MR) is 113 cm³/mol. The highest BCUT2D eigenvalue weighted by atomic mass is 19.4. The molecule has 3 aromatic rings. The van der Waals surface area contributed by atoms with Crippen LogP contribution in [0.1, 0.15) is 33.3 Å². The molecule has 0 spiro atoms. The molecule has 1 aromatic heterocycles. The van der Waals surface area contributed by atoms with Crippen LogP contribution in [0.4, 0.5) is 18.9 Å². The number of alkyl halides is 3. The number of benzene rings is 2. The van der Waals surface area contributed by atoms with E-state index < -0.39 is 23.3 Å². The normalized spacial score (nSPS) is 13.2. The molecule has 0 bridgehead atoms. The summed E-state index contributed by atoms with van der Waals surface area (Å²) in [5.41, 5.74) is -0.556. The number of rotatable bonds is 5. The molecule has 0 atom stereocenters. The maximum Gasteiger partial charge on any atom is 0.434 e. The van der Waals surface area contributed by atoms with Crippen LogP contribution < -0.4 is 10.6 Å². The van der Waals surface area contributed by atoms with Gasteiger partial charge in [0.25, 0.3) is 11.8 Å². The minimum absolute atomic E-state index is 0.0728. The molecule has 1 aliphatic heterocycles. The second-order valence-corrected chi connectivity index (χ2v) is 7.11. The number of carbonyl (C=O) groups is 2. The van der Waals surface area contributed by atoms with Crippen molar-refractivity contribution >= 4 is 34.5 Å². The molecule has 162 valence electrons. The Hall–Kier alpha value is -4.21. The molecule has 0 aliphatic carbocycles. The van der Waals surface area contributed by atoms with Crippen LogP contribution in [0.15, 0.2) is 60.5 Å². The van der Waals surface area contributed by atoms with Crippen molar-refractivity contribution in [2.24, 2.45) is 0 Å². The Kier molecular flexibility index (Phi) is 4.92. The molecular formula is C22H16F3N5O2. The van der Waals surface area contributed by atoms with Crippen LogP contribution in [0.3, 0.4) is 0 Å². The summed E-state index contributed by atoms with van der Waals surface area (Å²) >= 11 is 0. The number of anilines is 1. The lowest BCUT2D eigenvalue weighted by molar-refractivity contribution is -0.143. The van der Waals surface area contributed by atoms with Crippen molar-refractivity contribution in [1.82, 2.24) is 15.1 Å². The van der Waals surface area contributed by atoms with E-state index in [4.69, 9.17) is 5.41 Å². The zero-order valence-corrected chi connectivity index (χ0v) is 16.7. The summed E-state index contributed by atoms with van der Waals surface area (Å²) in [6, 6.07) is 7.65. The smallest absolute Gasteiger partial charge is 0.322 e. The van der Waals surface area contributed by atoms with Crippen LogP contribution >= 0.6 is 0 Å². The molecule has 3 N–H and O–H groups in total. The van der Waals surface area contributed by atoms with Gasteiger partial charge in [-0.3, -0.25) is 9.59 Å². The third kappa shape index (κ3) is 3.35. The fourth-order valence-electron chi connectivity index (χ4n) is 3.59. The van der Waals surface area contributed by atoms with E-state index in [1.807, 2.05) is 0 Å². The number of halogens is 3. The Morgan fingerprint density at radius 2 is 2.03 bits per heavy atom. The number of aromatic nitrogens is 2. The van der Waals surface area contributed by atoms with E-state index in [0.29, 0.717) is 32.3 Å². The second kappa shape index (κ2) is 7.49. The number of carbonyl (C=O) groups excluding carboxylic acids is 2. The Balaban J connectivity index is 1.89. The van der Waals surface area contributed by atoms with Crippen LogP contribution in [0.2, 0.25) is 0 Å². The summed E-state index contributed by atoms with van der Waals surface area (Å²) in [4.78, 5) is 24.8. The van der Waals surface area contributed by atoms with E-state index in [1.54, 1.807) is 25.1 Å². The van der Waals surface area contributed by atoms with Gasteiger partial charge in [-0.2, -0.15) is 18.3 Å². The first-order valence-corrected chi connectivity index (χ1v) is 9.34. The summed E-state index contributed by atoms with van der Waals surface area (Å²) in [7, 11) is 0. The molecule has 7 nitrogen and oxygen atoms in total. The van der Waals surface area contributed by atoms with Gasteiger partial charge >= 0.3 is 6.18 Å². The van der Waals surface area contributed by atoms with Crippen molar-refractivity contribution in [2.45, 2.75) is 13.1 Å². The third-order valence-corrected chi connectivity index (χ3v) is 4.98. The zero-order chi connectivity index (χ0) is 23.2. The van der Waals surface area contributed by atoms with Crippen LogP contribution in [0.5, 0.6) is 0 Å². The van der Waals surface area contributed by atoms with Crippen LogP contribution in [-0.2, 0) is 6.18 Å². The highest BCUT2D eigenvalue weighted by Crippen LogP contribution is 2.39. The average Bonchev–Trinajstić information content (AvgIpc) is 3.31. The number of amides is 2. The fourth-order valence-corrected chi connectivity index (χ4v) is 3.59. The van der Waals surface area contributed by atoms with Crippen molar-refractivity contribution in [3.63, 3.8) is 0 Å². The summed E-state index contributed by atoms with van der Waals surface area (Å²) in [6.07, 6.45) is -1.97. The summed E-state index contributed by atoms with van der Waals surface area (Å²) < 4.78 is 42.9. The van der Waals surface area contributed by atoms with Gasteiger partial charge in [-0.25, -0.2) is 4.68 Å². The molecule has 0 fully saturated rings. The van der Waals surface area contributed by atoms with E-state index in [1.165, 1.54) is 18.2 Å². The maximum atomic E-state index is 14.1. The van der Waals surface area contributed by atoms with E-state index in [-0.39, 0.29) is 17.3 Å². The Morgan fingerprint density at radius 3 is 2.69 bits per heavy atom. The highest BCUT2D eigenvalue weighted by Gasteiger charge is 2.41. The third-order valence-electron chi connectivity index (χ3n) is 4.98. The van der Waals surface area contributed by atoms with Crippen molar-refractivity contribution in [3.05, 3.63) is 77.3 Å². The zero-order valence-electron chi connectivity index (χ0n) is 16.7. The quantitative estimate of drug-likeness (QED) is 0.405. The van der Waals surface area contributed by atoms with Gasteiger partial charge in [0.15, 0.2) is 5.69 Å². The monoisotopic (exact) mass is 439 g/mol. The number of nitrogens with zero attached hydrogens (tertiary/aromatic N) is 2. The maximum absolute atomic E-state index is 14.1. The molecule has 2 amide bonds. The Labute approximate surface area is 179 Å². The molecule has 2 heterocycles. The molecule has 0 unspecified atom stereocenters. The van der Waals surface area contributed by atoms with Gasteiger partial charge in [0.1, 0.15) is 0 Å². The van der Waals surface area contributed by atoms with Gasteiger partial charge in [0.05, 0.1) is 17.4 Å². The largest absolute Gasteiger partial charge is 0.434 e. The average molecular weight is 439 g/mol. The first-order valence-electron chi connectivity index (χ1n) is 9.34. The van der Waals surface area contributed by atoms with Gasteiger partial charge in [-0.05, 0) is 36.8 Å². The number of hydrogen-bond donors (Lipinski definition) is 3. The molecule has 2 aromatic carbocycles.